The summed E-state index contributed by atoms with van der Waals surface area (Å²) in [6.45, 7) is 9.12. The maximum atomic E-state index is 5.92. The molecule has 1 aromatic heterocycles. The Labute approximate surface area is 124 Å². The zero-order chi connectivity index (χ0) is 14.7. The first-order valence-corrected chi connectivity index (χ1v) is 7.63. The SMILES string of the molecule is Cc1cc(CNc2ccc(N)c(OC(C)C)c2)sc1C. The lowest BCUT2D eigenvalue weighted by Gasteiger charge is -2.14. The van der Waals surface area contributed by atoms with Crippen LogP contribution in [0, 0.1) is 13.8 Å². The molecule has 1 heterocycles. The van der Waals surface area contributed by atoms with Crippen molar-refractivity contribution in [2.24, 2.45) is 0 Å². The van der Waals surface area contributed by atoms with Gasteiger partial charge in [0.1, 0.15) is 5.75 Å². The molecule has 0 bridgehead atoms. The molecule has 3 nitrogen and oxygen atoms in total. The van der Waals surface area contributed by atoms with Crippen LogP contribution in [0.2, 0.25) is 0 Å². The van der Waals surface area contributed by atoms with Crippen molar-refractivity contribution in [1.29, 1.82) is 0 Å². The first-order chi connectivity index (χ1) is 9.45. The Kier molecular flexibility index (Phi) is 4.55. The summed E-state index contributed by atoms with van der Waals surface area (Å²) in [5.74, 6) is 0.739. The van der Waals surface area contributed by atoms with Gasteiger partial charge in [0.2, 0.25) is 0 Å². The van der Waals surface area contributed by atoms with E-state index < -0.39 is 0 Å². The fourth-order valence-corrected chi connectivity index (χ4v) is 2.92. The van der Waals surface area contributed by atoms with Gasteiger partial charge in [-0.05, 0) is 51.5 Å². The Morgan fingerprint density at radius 1 is 1.25 bits per heavy atom. The number of hydrogen-bond acceptors (Lipinski definition) is 4. The van der Waals surface area contributed by atoms with Crippen molar-refractivity contribution in [2.75, 3.05) is 11.1 Å². The summed E-state index contributed by atoms with van der Waals surface area (Å²) >= 11 is 1.83. The van der Waals surface area contributed by atoms with Gasteiger partial charge in [-0.25, -0.2) is 0 Å². The van der Waals surface area contributed by atoms with Crippen molar-refractivity contribution < 1.29 is 4.74 Å². The van der Waals surface area contributed by atoms with Gasteiger partial charge in [-0.2, -0.15) is 0 Å². The van der Waals surface area contributed by atoms with E-state index in [2.05, 4.69) is 25.2 Å². The molecule has 0 aliphatic heterocycles. The van der Waals surface area contributed by atoms with Crippen LogP contribution < -0.4 is 15.8 Å². The Morgan fingerprint density at radius 3 is 2.60 bits per heavy atom. The van der Waals surface area contributed by atoms with Gasteiger partial charge in [0, 0.05) is 28.1 Å². The van der Waals surface area contributed by atoms with E-state index in [0.717, 1.165) is 18.0 Å². The molecule has 20 heavy (non-hydrogen) atoms. The fourth-order valence-electron chi connectivity index (χ4n) is 1.93. The number of ether oxygens (including phenoxy) is 1. The minimum absolute atomic E-state index is 0.121. The molecule has 0 aliphatic carbocycles. The molecule has 108 valence electrons. The number of benzene rings is 1. The monoisotopic (exact) mass is 290 g/mol. The molecule has 2 aromatic rings. The summed E-state index contributed by atoms with van der Waals surface area (Å²) in [5.41, 5.74) is 8.97. The smallest absolute Gasteiger partial charge is 0.144 e. The Balaban J connectivity index is 2.06. The van der Waals surface area contributed by atoms with Crippen molar-refractivity contribution in [1.82, 2.24) is 0 Å². The third kappa shape index (κ3) is 3.67. The van der Waals surface area contributed by atoms with E-state index in [1.807, 2.05) is 43.4 Å². The van der Waals surface area contributed by atoms with Crippen LogP contribution in [0.4, 0.5) is 11.4 Å². The van der Waals surface area contributed by atoms with Crippen LogP contribution in [-0.4, -0.2) is 6.10 Å². The van der Waals surface area contributed by atoms with Gasteiger partial charge >= 0.3 is 0 Å². The largest absolute Gasteiger partial charge is 0.489 e. The predicted molar refractivity (Wildman–Crippen MR) is 87.7 cm³/mol. The zero-order valence-corrected chi connectivity index (χ0v) is 13.3. The number of nitrogens with two attached hydrogens (primary N) is 1. The van der Waals surface area contributed by atoms with Crippen LogP contribution in [0.5, 0.6) is 5.75 Å². The van der Waals surface area contributed by atoms with Crippen LogP contribution in [0.1, 0.15) is 29.2 Å². The van der Waals surface area contributed by atoms with Crippen LogP contribution in [0.25, 0.3) is 0 Å². The number of anilines is 2. The summed E-state index contributed by atoms with van der Waals surface area (Å²) in [5, 5.41) is 3.42. The quantitative estimate of drug-likeness (QED) is 0.805. The molecule has 0 atom stereocenters. The van der Waals surface area contributed by atoms with E-state index in [0.29, 0.717) is 5.69 Å². The Bertz CT molecular complexity index is 571. The molecule has 0 fully saturated rings. The minimum atomic E-state index is 0.121. The van der Waals surface area contributed by atoms with Gasteiger partial charge in [-0.1, -0.05) is 0 Å². The number of thiophene rings is 1. The highest BCUT2D eigenvalue weighted by atomic mass is 32.1. The Morgan fingerprint density at radius 2 is 2.00 bits per heavy atom. The van der Waals surface area contributed by atoms with Gasteiger partial charge in [0.05, 0.1) is 11.8 Å². The van der Waals surface area contributed by atoms with Gasteiger partial charge < -0.3 is 15.8 Å². The van der Waals surface area contributed by atoms with Crippen LogP contribution in [0.15, 0.2) is 24.3 Å². The van der Waals surface area contributed by atoms with E-state index in [-0.39, 0.29) is 6.10 Å². The standard InChI is InChI=1S/C16H22N2OS/c1-10(2)19-16-8-13(5-6-15(16)17)18-9-14-7-11(3)12(4)20-14/h5-8,10,18H,9,17H2,1-4H3. The lowest BCUT2D eigenvalue weighted by atomic mass is 10.2. The van der Waals surface area contributed by atoms with E-state index in [1.165, 1.54) is 15.3 Å². The lowest BCUT2D eigenvalue weighted by molar-refractivity contribution is 0.244. The second-order valence-electron chi connectivity index (χ2n) is 5.22. The average molecular weight is 290 g/mol. The third-order valence-corrected chi connectivity index (χ3v) is 4.21. The van der Waals surface area contributed by atoms with E-state index in [4.69, 9.17) is 10.5 Å². The van der Waals surface area contributed by atoms with Gasteiger partial charge in [-0.3, -0.25) is 0 Å². The molecular weight excluding hydrogens is 268 g/mol. The topological polar surface area (TPSA) is 47.3 Å². The van der Waals surface area contributed by atoms with Crippen molar-refractivity contribution >= 4 is 22.7 Å². The highest BCUT2D eigenvalue weighted by Gasteiger charge is 2.06. The Hall–Kier alpha value is -1.68. The molecule has 0 unspecified atom stereocenters. The normalized spacial score (nSPS) is 10.8. The van der Waals surface area contributed by atoms with Crippen LogP contribution >= 0.6 is 11.3 Å². The van der Waals surface area contributed by atoms with Crippen molar-refractivity contribution in [2.45, 2.75) is 40.3 Å². The molecule has 0 spiro atoms. The van der Waals surface area contributed by atoms with Crippen molar-refractivity contribution in [3.63, 3.8) is 0 Å². The second-order valence-corrected chi connectivity index (χ2v) is 6.57. The second kappa shape index (κ2) is 6.18. The van der Waals surface area contributed by atoms with E-state index in [1.54, 1.807) is 0 Å². The van der Waals surface area contributed by atoms with Gasteiger partial charge in [0.25, 0.3) is 0 Å². The number of aryl methyl sites for hydroxylation is 2. The van der Waals surface area contributed by atoms with Crippen molar-refractivity contribution in [3.05, 3.63) is 39.6 Å². The molecule has 0 saturated carbocycles. The average Bonchev–Trinajstić information content (AvgIpc) is 2.69. The minimum Gasteiger partial charge on any atom is -0.489 e. The van der Waals surface area contributed by atoms with Gasteiger partial charge in [0.15, 0.2) is 0 Å². The summed E-state index contributed by atoms with van der Waals surface area (Å²) in [7, 11) is 0. The summed E-state index contributed by atoms with van der Waals surface area (Å²) in [4.78, 5) is 2.71. The number of nitrogen functional groups attached to an aromatic ring is 1. The van der Waals surface area contributed by atoms with Crippen LogP contribution in [-0.2, 0) is 6.54 Å². The molecule has 0 saturated heterocycles. The highest BCUT2D eigenvalue weighted by Crippen LogP contribution is 2.27. The molecule has 4 heteroatoms. The van der Waals surface area contributed by atoms with Crippen molar-refractivity contribution in [3.8, 4) is 5.75 Å². The first-order valence-electron chi connectivity index (χ1n) is 6.81. The third-order valence-electron chi connectivity index (χ3n) is 3.06. The first kappa shape index (κ1) is 14.7. The van der Waals surface area contributed by atoms with Gasteiger partial charge in [-0.15, -0.1) is 11.3 Å². The molecule has 1 aromatic carbocycles. The number of hydrogen-bond donors (Lipinski definition) is 2. The summed E-state index contributed by atoms with van der Waals surface area (Å²) in [6.07, 6.45) is 0.121. The molecular formula is C16H22N2OS. The molecule has 0 radical (unpaired) electrons. The van der Waals surface area contributed by atoms with Crippen LogP contribution in [0.3, 0.4) is 0 Å². The maximum Gasteiger partial charge on any atom is 0.144 e. The maximum absolute atomic E-state index is 5.92. The summed E-state index contributed by atoms with van der Waals surface area (Å²) in [6, 6.07) is 8.05. The molecule has 3 N–H and O–H groups in total. The lowest BCUT2D eigenvalue weighted by Crippen LogP contribution is -2.08. The van der Waals surface area contributed by atoms with E-state index in [9.17, 15) is 0 Å². The molecule has 0 aliphatic rings. The number of nitrogens with one attached hydrogen (secondary N) is 1. The molecule has 0 amide bonds. The predicted octanol–water partition coefficient (Wildman–Crippen LogP) is 4.35. The van der Waals surface area contributed by atoms with E-state index >= 15 is 0 Å². The zero-order valence-electron chi connectivity index (χ0n) is 12.5. The number of rotatable bonds is 5. The highest BCUT2D eigenvalue weighted by molar-refractivity contribution is 7.12. The fraction of sp³-hybridized carbons (Fsp3) is 0.375. The molecule has 2 rings (SSSR count). The summed E-state index contributed by atoms with van der Waals surface area (Å²) < 4.78 is 5.70.